The van der Waals surface area contributed by atoms with Gasteiger partial charge in [-0.25, -0.2) is 13.1 Å². The summed E-state index contributed by atoms with van der Waals surface area (Å²) in [5, 5.41) is 0.0696. The lowest BCUT2D eigenvalue weighted by Gasteiger charge is -2.13. The molecule has 4 N–H and O–H groups in total. The fourth-order valence-electron chi connectivity index (χ4n) is 2.66. The summed E-state index contributed by atoms with van der Waals surface area (Å²) in [7, 11) is -8.58. The smallest absolute Gasteiger partial charge is 0.294 e. The average molecular weight is 489 g/mol. The molecule has 2 aromatic rings. The van der Waals surface area contributed by atoms with Crippen molar-refractivity contribution < 1.29 is 31.0 Å². The van der Waals surface area contributed by atoms with Gasteiger partial charge in [0.15, 0.2) is 0 Å². The van der Waals surface area contributed by atoms with Crippen LogP contribution in [0, 0.1) is 6.92 Å². The standard InChI is InChI=1S/C19H21ClN2O7S2/c1-12-13(10-16(11-17(12)20)31(27,28)29)9-14(23)7-8-18(21)19(24)22-30(25,26)15-5-3-2-4-6-15/h2-6,10-11,18H,7-9,21H2,1H3,(H,22,24)(H,27,28,29)/t18-/m0/s1. The first-order valence-corrected chi connectivity index (χ1v) is 12.3. The normalized spacial score (nSPS) is 12.9. The summed E-state index contributed by atoms with van der Waals surface area (Å²) >= 11 is 5.97. The summed E-state index contributed by atoms with van der Waals surface area (Å²) in [6.07, 6.45) is -0.488. The Morgan fingerprint density at radius 1 is 1.10 bits per heavy atom. The third kappa shape index (κ3) is 6.84. The van der Waals surface area contributed by atoms with Crippen molar-refractivity contribution in [1.82, 2.24) is 4.72 Å². The Labute approximate surface area is 185 Å². The molecule has 168 valence electrons. The van der Waals surface area contributed by atoms with Crippen LogP contribution in [0.25, 0.3) is 0 Å². The van der Waals surface area contributed by atoms with Gasteiger partial charge in [-0.15, -0.1) is 0 Å². The van der Waals surface area contributed by atoms with Crippen molar-refractivity contribution in [2.24, 2.45) is 5.73 Å². The number of carbonyl (C=O) groups is 2. The van der Waals surface area contributed by atoms with E-state index < -0.39 is 37.0 Å². The Morgan fingerprint density at radius 2 is 1.71 bits per heavy atom. The van der Waals surface area contributed by atoms with E-state index in [1.165, 1.54) is 24.3 Å². The van der Waals surface area contributed by atoms with E-state index in [0.29, 0.717) is 11.1 Å². The maximum Gasteiger partial charge on any atom is 0.294 e. The van der Waals surface area contributed by atoms with Crippen LogP contribution in [0.4, 0.5) is 0 Å². The fourth-order valence-corrected chi connectivity index (χ4v) is 4.57. The molecule has 0 spiro atoms. The summed E-state index contributed by atoms with van der Waals surface area (Å²) in [5.41, 5.74) is 6.49. The minimum absolute atomic E-state index is 0.0696. The molecule has 0 aromatic heterocycles. The number of carbonyl (C=O) groups excluding carboxylic acids is 2. The van der Waals surface area contributed by atoms with Crippen molar-refractivity contribution in [3.63, 3.8) is 0 Å². The van der Waals surface area contributed by atoms with E-state index in [0.717, 1.165) is 12.1 Å². The molecule has 0 heterocycles. The maximum atomic E-state index is 12.3. The molecular weight excluding hydrogens is 468 g/mol. The number of hydrogen-bond acceptors (Lipinski definition) is 7. The first-order valence-electron chi connectivity index (χ1n) is 8.97. The summed E-state index contributed by atoms with van der Waals surface area (Å²) in [5.74, 6) is -1.33. The first kappa shape index (κ1) is 25.0. The van der Waals surface area contributed by atoms with E-state index in [-0.39, 0.29) is 35.0 Å². The molecule has 0 fully saturated rings. The summed E-state index contributed by atoms with van der Waals surface area (Å²) in [4.78, 5) is 23.9. The highest BCUT2D eigenvalue weighted by Crippen LogP contribution is 2.25. The molecule has 0 saturated carbocycles. The number of halogens is 1. The van der Waals surface area contributed by atoms with Crippen molar-refractivity contribution in [2.45, 2.75) is 42.0 Å². The van der Waals surface area contributed by atoms with Crippen LogP contribution in [0.1, 0.15) is 24.0 Å². The number of amides is 1. The fraction of sp³-hybridized carbons (Fsp3) is 0.263. The third-order valence-corrected chi connectivity index (χ3v) is 7.06. The van der Waals surface area contributed by atoms with Gasteiger partial charge in [-0.3, -0.25) is 14.1 Å². The molecule has 0 radical (unpaired) electrons. The van der Waals surface area contributed by atoms with Gasteiger partial charge in [-0.1, -0.05) is 29.8 Å². The van der Waals surface area contributed by atoms with Crippen molar-refractivity contribution >= 4 is 43.4 Å². The molecule has 1 amide bonds. The van der Waals surface area contributed by atoms with Crippen LogP contribution in [0.2, 0.25) is 5.02 Å². The first-order chi connectivity index (χ1) is 14.3. The van der Waals surface area contributed by atoms with Gasteiger partial charge in [0.2, 0.25) is 0 Å². The minimum atomic E-state index is -4.50. The Kier molecular flexibility index (Phi) is 7.95. The van der Waals surface area contributed by atoms with Crippen LogP contribution in [0.5, 0.6) is 0 Å². The lowest BCUT2D eigenvalue weighted by molar-refractivity contribution is -0.121. The number of nitrogens with two attached hydrogens (primary N) is 1. The highest BCUT2D eigenvalue weighted by molar-refractivity contribution is 7.90. The summed E-state index contributed by atoms with van der Waals surface area (Å²) < 4.78 is 58.1. The molecule has 1 atom stereocenters. The van der Waals surface area contributed by atoms with Gasteiger partial charge in [-0.05, 0) is 48.7 Å². The molecule has 0 unspecified atom stereocenters. The molecule has 0 aliphatic heterocycles. The monoisotopic (exact) mass is 488 g/mol. The molecule has 0 saturated heterocycles. The van der Waals surface area contributed by atoms with E-state index in [9.17, 15) is 31.0 Å². The zero-order valence-corrected chi connectivity index (χ0v) is 18.8. The van der Waals surface area contributed by atoms with E-state index in [1.54, 1.807) is 13.0 Å². The third-order valence-electron chi connectivity index (χ3n) is 4.47. The van der Waals surface area contributed by atoms with Crippen LogP contribution < -0.4 is 10.5 Å². The van der Waals surface area contributed by atoms with E-state index in [4.69, 9.17) is 17.3 Å². The number of sulfonamides is 1. The molecule has 2 rings (SSSR count). The number of Topliss-reactive ketones (excluding diaryl/α,β-unsaturated/α-hetero) is 1. The molecule has 12 heteroatoms. The van der Waals surface area contributed by atoms with Gasteiger partial charge >= 0.3 is 0 Å². The number of hydrogen-bond donors (Lipinski definition) is 3. The second-order valence-electron chi connectivity index (χ2n) is 6.81. The second-order valence-corrected chi connectivity index (χ2v) is 10.3. The Hall–Kier alpha value is -2.31. The van der Waals surface area contributed by atoms with Crippen LogP contribution in [0.3, 0.4) is 0 Å². The summed E-state index contributed by atoms with van der Waals surface area (Å²) in [6, 6.07) is 8.24. The Morgan fingerprint density at radius 3 is 2.29 bits per heavy atom. The molecular formula is C19H21ClN2O7S2. The van der Waals surface area contributed by atoms with Gasteiger partial charge in [0.25, 0.3) is 26.0 Å². The Bertz CT molecular complexity index is 1200. The quantitative estimate of drug-likeness (QED) is 0.448. The van der Waals surface area contributed by atoms with Gasteiger partial charge in [0.1, 0.15) is 5.78 Å². The SMILES string of the molecule is Cc1c(Cl)cc(S(=O)(=O)O)cc1CC(=O)CC[C@H](N)C(=O)NS(=O)(=O)c1ccccc1. The number of rotatable bonds is 9. The van der Waals surface area contributed by atoms with Crippen molar-refractivity contribution in [2.75, 3.05) is 0 Å². The van der Waals surface area contributed by atoms with E-state index in [2.05, 4.69) is 0 Å². The van der Waals surface area contributed by atoms with Crippen molar-refractivity contribution in [3.05, 3.63) is 58.6 Å². The molecule has 0 aliphatic rings. The van der Waals surface area contributed by atoms with Gasteiger partial charge in [0.05, 0.1) is 15.8 Å². The zero-order valence-electron chi connectivity index (χ0n) is 16.4. The highest BCUT2D eigenvalue weighted by atomic mass is 35.5. The lowest BCUT2D eigenvalue weighted by atomic mass is 10.00. The molecule has 0 bridgehead atoms. The molecule has 2 aromatic carbocycles. The van der Waals surface area contributed by atoms with E-state index in [1.807, 2.05) is 4.72 Å². The maximum absolute atomic E-state index is 12.3. The second kappa shape index (κ2) is 9.88. The largest absolute Gasteiger partial charge is 0.320 e. The summed E-state index contributed by atoms with van der Waals surface area (Å²) in [6.45, 7) is 1.59. The van der Waals surface area contributed by atoms with Gasteiger partial charge in [0, 0.05) is 17.9 Å². The van der Waals surface area contributed by atoms with Gasteiger partial charge < -0.3 is 5.73 Å². The topological polar surface area (TPSA) is 161 Å². The Balaban J connectivity index is 2.00. The van der Waals surface area contributed by atoms with Crippen molar-refractivity contribution in [1.29, 1.82) is 0 Å². The lowest BCUT2D eigenvalue weighted by Crippen LogP contribution is -2.43. The average Bonchev–Trinajstić information content (AvgIpc) is 2.69. The predicted octanol–water partition coefficient (Wildman–Crippen LogP) is 1.62. The molecule has 9 nitrogen and oxygen atoms in total. The number of ketones is 1. The van der Waals surface area contributed by atoms with Crippen LogP contribution in [0.15, 0.2) is 52.3 Å². The van der Waals surface area contributed by atoms with Crippen LogP contribution in [-0.4, -0.2) is 39.1 Å². The van der Waals surface area contributed by atoms with E-state index >= 15 is 0 Å². The number of benzene rings is 2. The molecule has 0 aliphatic carbocycles. The van der Waals surface area contributed by atoms with Crippen LogP contribution in [-0.2, 0) is 36.2 Å². The highest BCUT2D eigenvalue weighted by Gasteiger charge is 2.23. The van der Waals surface area contributed by atoms with Crippen LogP contribution >= 0.6 is 11.6 Å². The van der Waals surface area contributed by atoms with Gasteiger partial charge in [-0.2, -0.15) is 8.42 Å². The minimum Gasteiger partial charge on any atom is -0.320 e. The number of nitrogens with one attached hydrogen (secondary N) is 1. The predicted molar refractivity (Wildman–Crippen MR) is 114 cm³/mol. The molecule has 31 heavy (non-hydrogen) atoms. The van der Waals surface area contributed by atoms with Crippen molar-refractivity contribution in [3.8, 4) is 0 Å². The zero-order chi connectivity index (χ0) is 23.4.